The van der Waals surface area contributed by atoms with Crippen molar-refractivity contribution in [2.45, 2.75) is 42.3 Å². The first-order chi connectivity index (χ1) is 20.8. The Balaban J connectivity index is 0. The van der Waals surface area contributed by atoms with Gasteiger partial charge >= 0.3 is 48.1 Å². The molecule has 3 heterocycles. The third-order valence-corrected chi connectivity index (χ3v) is 8.08. The first kappa shape index (κ1) is 46.4. The molecule has 0 aliphatic rings. The van der Waals surface area contributed by atoms with Gasteiger partial charge in [-0.2, -0.15) is 62.8 Å². The number of rotatable bonds is 5. The van der Waals surface area contributed by atoms with E-state index in [4.69, 9.17) is 16.9 Å². The van der Waals surface area contributed by atoms with Gasteiger partial charge in [-0.05, 0) is 48.1 Å². The largest absolute Gasteiger partial charge is 1.00 e. The van der Waals surface area contributed by atoms with E-state index in [0.717, 1.165) is 36.2 Å². The van der Waals surface area contributed by atoms with Gasteiger partial charge in [0.15, 0.2) is 0 Å². The van der Waals surface area contributed by atoms with Gasteiger partial charge in [0, 0.05) is 36.5 Å². The summed E-state index contributed by atoms with van der Waals surface area (Å²) in [5.41, 5.74) is -1.02. The molecule has 46 heavy (non-hydrogen) atoms. The summed E-state index contributed by atoms with van der Waals surface area (Å²) in [4.78, 5) is 9.81. The summed E-state index contributed by atoms with van der Waals surface area (Å²) < 4.78 is 124. The summed E-state index contributed by atoms with van der Waals surface area (Å²) in [6, 6.07) is 6.68. The predicted molar refractivity (Wildman–Crippen MR) is 158 cm³/mol. The smallest absolute Gasteiger partial charge is 0.796 e. The van der Waals surface area contributed by atoms with Crippen LogP contribution in [0, 0.1) is 11.5 Å². The van der Waals surface area contributed by atoms with Crippen molar-refractivity contribution < 1.29 is 73.3 Å². The second-order valence-electron chi connectivity index (χ2n) is 8.33. The summed E-state index contributed by atoms with van der Waals surface area (Å²) in [7, 11) is -2.82. The van der Waals surface area contributed by atoms with E-state index in [0.29, 0.717) is 16.9 Å². The Morgan fingerprint density at radius 1 is 0.848 bits per heavy atom. The predicted octanol–water partition coefficient (Wildman–Crippen LogP) is 5.71. The molecular weight excluding hydrogens is 724 g/mol. The molecule has 6 nitrogen and oxygen atoms in total. The molecule has 2 unspecified atom stereocenters. The van der Waals surface area contributed by atoms with Gasteiger partial charge < -0.3 is 12.6 Å². The van der Waals surface area contributed by atoms with E-state index in [1.54, 1.807) is 18.0 Å². The van der Waals surface area contributed by atoms with Gasteiger partial charge in [-0.1, -0.05) is 18.2 Å². The molecule has 0 saturated carbocycles. The minimum absolute atomic E-state index is 0. The van der Waals surface area contributed by atoms with Crippen molar-refractivity contribution in [2.24, 2.45) is 4.36 Å². The van der Waals surface area contributed by atoms with Gasteiger partial charge in [0.25, 0.3) is 0 Å². The second kappa shape index (κ2) is 21.3. The van der Waals surface area contributed by atoms with Crippen molar-refractivity contribution in [1.29, 1.82) is 5.26 Å². The van der Waals surface area contributed by atoms with E-state index in [2.05, 4.69) is 31.9 Å². The molecule has 0 radical (unpaired) electrons. The first-order valence-corrected chi connectivity index (χ1v) is 16.6. The van der Waals surface area contributed by atoms with Gasteiger partial charge in [-0.15, -0.1) is 16.0 Å². The van der Waals surface area contributed by atoms with Crippen molar-refractivity contribution >= 4 is 45.7 Å². The van der Waals surface area contributed by atoms with Crippen LogP contribution in [0.25, 0.3) is 0 Å². The molecule has 0 fully saturated rings. The third kappa shape index (κ3) is 16.9. The third-order valence-electron chi connectivity index (χ3n) is 5.12. The van der Waals surface area contributed by atoms with Crippen LogP contribution in [0.5, 0.6) is 0 Å². The molecule has 0 amide bonds. The standard InChI is InChI=1S/C10H10F3N3OS.C8H8F3NS.C7H5ClF3N.CH4S.Na/c1-7(18(2,17)16-6-14)8-3-4-9(15-5-8)10(11,12)13;1-13-5-6-2-3-7(12-4-6)8(9,10)11;8-3-5-1-2-6(12-4-5)7(9,10)11;1-2;/h3-5,7H,1-2H3;2-4H,5H2,1H3;1-2,4H,3H2;2H,1H3;/q;;;;+1/p-1. The van der Waals surface area contributed by atoms with E-state index >= 15 is 0 Å². The topological polar surface area (TPSA) is 91.9 Å². The molecule has 0 saturated heterocycles. The van der Waals surface area contributed by atoms with Gasteiger partial charge in [-0.25, -0.2) is 4.21 Å². The average molecular weight is 750 g/mol. The number of hydrogen-bond donors (Lipinski definition) is 0. The summed E-state index contributed by atoms with van der Waals surface area (Å²) in [6.45, 7) is 1.52. The van der Waals surface area contributed by atoms with Crippen LogP contribution >= 0.6 is 23.4 Å². The summed E-state index contributed by atoms with van der Waals surface area (Å²) >= 11 is 11.0. The Kier molecular flexibility index (Phi) is 21.4. The summed E-state index contributed by atoms with van der Waals surface area (Å²) in [5.74, 6) is 0.857. The van der Waals surface area contributed by atoms with Crippen LogP contribution in [0.3, 0.4) is 0 Å². The maximum Gasteiger partial charge on any atom is 1.00 e. The fraction of sp³-hybridized carbons (Fsp3) is 0.385. The fourth-order valence-corrected chi connectivity index (χ4v) is 4.37. The SMILES string of the molecule is CC(c1ccc(C(F)(F)F)nc1)S(C)(=O)=NC#N.CSCc1ccc(C(F)(F)F)nc1.C[S-].FC(F)(F)c1ccc(CCl)cn1.[Na+]. The van der Waals surface area contributed by atoms with Crippen molar-refractivity contribution in [3.8, 4) is 6.19 Å². The fourth-order valence-electron chi connectivity index (χ4n) is 2.74. The van der Waals surface area contributed by atoms with Crippen LogP contribution in [-0.2, 0) is 52.5 Å². The molecule has 3 aromatic rings. The Morgan fingerprint density at radius 2 is 1.24 bits per heavy atom. The summed E-state index contributed by atoms with van der Waals surface area (Å²) in [6.07, 6.45) is -3.64. The molecule has 0 aromatic carbocycles. The number of nitriles is 1. The maximum absolute atomic E-state index is 12.3. The van der Waals surface area contributed by atoms with Crippen LogP contribution in [0.2, 0.25) is 0 Å². The Labute approximate surface area is 297 Å². The van der Waals surface area contributed by atoms with E-state index < -0.39 is 50.6 Å². The van der Waals surface area contributed by atoms with E-state index in [1.165, 1.54) is 43.8 Å². The van der Waals surface area contributed by atoms with Crippen LogP contribution in [0.1, 0.15) is 45.9 Å². The van der Waals surface area contributed by atoms with Crippen LogP contribution in [-0.4, -0.2) is 37.9 Å². The number of hydrogen-bond acceptors (Lipinski definition) is 8. The van der Waals surface area contributed by atoms with Crippen molar-refractivity contribution in [3.05, 3.63) is 88.8 Å². The number of nitrogens with zero attached hydrogens (tertiary/aromatic N) is 5. The maximum atomic E-state index is 12.3. The normalized spacial score (nSPS) is 12.9. The zero-order valence-electron chi connectivity index (χ0n) is 24.8. The monoisotopic (exact) mass is 749 g/mol. The van der Waals surface area contributed by atoms with Crippen molar-refractivity contribution in [1.82, 2.24) is 15.0 Å². The second-order valence-corrected chi connectivity index (χ2v) is 12.1. The average Bonchev–Trinajstić information content (AvgIpc) is 2.98. The molecular formula is C26H26ClF9N5NaOS3. The molecule has 2 atom stereocenters. The molecule has 0 spiro atoms. The first-order valence-electron chi connectivity index (χ1n) is 11.9. The van der Waals surface area contributed by atoms with Crippen LogP contribution in [0.4, 0.5) is 39.5 Å². The van der Waals surface area contributed by atoms with Gasteiger partial charge in [-0.3, -0.25) is 15.0 Å². The molecule has 0 aliphatic heterocycles. The number of pyridine rings is 3. The Morgan fingerprint density at radius 3 is 1.52 bits per heavy atom. The molecule has 3 rings (SSSR count). The molecule has 250 valence electrons. The molecule has 0 N–H and O–H groups in total. The molecule has 0 aliphatic carbocycles. The molecule has 20 heteroatoms. The summed E-state index contributed by atoms with van der Waals surface area (Å²) in [5, 5.41) is 7.71. The zero-order valence-corrected chi connectivity index (χ0v) is 30.0. The quantitative estimate of drug-likeness (QED) is 0.109. The number of alkyl halides is 10. The zero-order chi connectivity index (χ0) is 35.1. The van der Waals surface area contributed by atoms with E-state index in [-0.39, 0.29) is 35.4 Å². The Hall–Kier alpha value is -1.75. The van der Waals surface area contributed by atoms with E-state index in [1.807, 2.05) is 6.26 Å². The van der Waals surface area contributed by atoms with Gasteiger partial charge in [0.2, 0.25) is 6.19 Å². The van der Waals surface area contributed by atoms with Crippen molar-refractivity contribution in [3.63, 3.8) is 0 Å². The number of aromatic nitrogens is 3. The molecule has 0 bridgehead atoms. The van der Waals surface area contributed by atoms with Crippen LogP contribution < -0.4 is 29.6 Å². The van der Waals surface area contributed by atoms with Crippen LogP contribution in [0.15, 0.2) is 59.4 Å². The number of halogens is 10. The van der Waals surface area contributed by atoms with Gasteiger partial charge in [0.1, 0.15) is 17.1 Å². The minimum atomic E-state index is -4.51. The van der Waals surface area contributed by atoms with E-state index in [9.17, 15) is 43.7 Å². The van der Waals surface area contributed by atoms with Gasteiger partial charge in [0.05, 0.1) is 15.0 Å². The Bertz CT molecular complexity index is 1460. The number of thioether (sulfide) groups is 1. The van der Waals surface area contributed by atoms with Crippen molar-refractivity contribution in [2.75, 3.05) is 18.8 Å². The molecule has 3 aromatic heterocycles. The minimum Gasteiger partial charge on any atom is -0.796 e.